The highest BCUT2D eigenvalue weighted by atomic mass is 16.3. The molecule has 0 bridgehead atoms. The van der Waals surface area contributed by atoms with Crippen molar-refractivity contribution < 1.29 is 15.0 Å². The van der Waals surface area contributed by atoms with Gasteiger partial charge in [0.15, 0.2) is 0 Å². The molecular formula is C12H24N2O3. The van der Waals surface area contributed by atoms with Crippen molar-refractivity contribution in [3.63, 3.8) is 0 Å². The van der Waals surface area contributed by atoms with E-state index in [2.05, 4.69) is 10.6 Å². The molecule has 2 atom stereocenters. The second-order valence-electron chi connectivity index (χ2n) is 4.99. The summed E-state index contributed by atoms with van der Waals surface area (Å²) in [7, 11) is 0. The SMILES string of the molecule is CCC(CO)(CO)NC(=O)C1NCCCC1C. The molecule has 1 aliphatic rings. The quantitative estimate of drug-likeness (QED) is 0.531. The van der Waals surface area contributed by atoms with Gasteiger partial charge in [0.25, 0.3) is 0 Å². The molecular weight excluding hydrogens is 220 g/mol. The summed E-state index contributed by atoms with van der Waals surface area (Å²) in [4.78, 5) is 12.1. The van der Waals surface area contributed by atoms with E-state index >= 15 is 0 Å². The molecule has 5 nitrogen and oxygen atoms in total. The predicted molar refractivity (Wildman–Crippen MR) is 65.5 cm³/mol. The van der Waals surface area contributed by atoms with Crippen LogP contribution >= 0.6 is 0 Å². The van der Waals surface area contributed by atoms with Gasteiger partial charge in [0.05, 0.1) is 24.8 Å². The number of aliphatic hydroxyl groups is 2. The van der Waals surface area contributed by atoms with Gasteiger partial charge in [0.1, 0.15) is 0 Å². The summed E-state index contributed by atoms with van der Waals surface area (Å²) in [6, 6.07) is -0.215. The van der Waals surface area contributed by atoms with Crippen LogP contribution in [0.1, 0.15) is 33.1 Å². The molecule has 0 aromatic heterocycles. The summed E-state index contributed by atoms with van der Waals surface area (Å²) in [5, 5.41) is 24.6. The monoisotopic (exact) mass is 244 g/mol. The topological polar surface area (TPSA) is 81.6 Å². The lowest BCUT2D eigenvalue weighted by molar-refractivity contribution is -0.128. The number of rotatable bonds is 5. The second kappa shape index (κ2) is 6.33. The van der Waals surface area contributed by atoms with E-state index in [9.17, 15) is 15.0 Å². The number of carbonyl (C=O) groups is 1. The summed E-state index contributed by atoms with van der Waals surface area (Å²) >= 11 is 0. The standard InChI is InChI=1S/C12H24N2O3/c1-3-12(7-15,8-16)14-11(17)10-9(2)5-4-6-13-10/h9-10,13,15-16H,3-8H2,1-2H3,(H,14,17). The summed E-state index contributed by atoms with van der Waals surface area (Å²) in [5.74, 6) is 0.165. The van der Waals surface area contributed by atoms with Crippen LogP contribution in [0.15, 0.2) is 0 Å². The van der Waals surface area contributed by atoms with Crippen LogP contribution in [0.5, 0.6) is 0 Å². The van der Waals surface area contributed by atoms with Crippen LogP contribution in [-0.4, -0.2) is 47.5 Å². The van der Waals surface area contributed by atoms with Crippen molar-refractivity contribution >= 4 is 5.91 Å². The summed E-state index contributed by atoms with van der Waals surface area (Å²) in [5.41, 5.74) is -0.893. The molecule has 1 fully saturated rings. The molecule has 0 saturated carbocycles. The van der Waals surface area contributed by atoms with E-state index in [0.717, 1.165) is 19.4 Å². The lowest BCUT2D eigenvalue weighted by Crippen LogP contribution is -2.60. The van der Waals surface area contributed by atoms with Gasteiger partial charge >= 0.3 is 0 Å². The van der Waals surface area contributed by atoms with Crippen LogP contribution in [0, 0.1) is 5.92 Å². The average Bonchev–Trinajstić information content (AvgIpc) is 2.36. The Bertz CT molecular complexity index is 246. The highest BCUT2D eigenvalue weighted by molar-refractivity contribution is 5.83. The van der Waals surface area contributed by atoms with Crippen LogP contribution in [-0.2, 0) is 4.79 Å². The second-order valence-corrected chi connectivity index (χ2v) is 4.99. The Hall–Kier alpha value is -0.650. The smallest absolute Gasteiger partial charge is 0.238 e. The van der Waals surface area contributed by atoms with Gasteiger partial charge in [-0.25, -0.2) is 0 Å². The molecule has 0 aromatic carbocycles. The molecule has 4 N–H and O–H groups in total. The first kappa shape index (κ1) is 14.4. The molecule has 5 heteroatoms. The molecule has 0 radical (unpaired) electrons. The third-order valence-electron chi connectivity index (χ3n) is 3.72. The Morgan fingerprint density at radius 1 is 1.47 bits per heavy atom. The third-order valence-corrected chi connectivity index (χ3v) is 3.72. The molecule has 2 unspecified atom stereocenters. The largest absolute Gasteiger partial charge is 0.394 e. The minimum Gasteiger partial charge on any atom is -0.394 e. The van der Waals surface area contributed by atoms with Crippen molar-refractivity contribution in [2.45, 2.75) is 44.7 Å². The third kappa shape index (κ3) is 3.40. The lowest BCUT2D eigenvalue weighted by Gasteiger charge is -2.35. The van der Waals surface area contributed by atoms with E-state index in [1.54, 1.807) is 0 Å². The number of nitrogens with one attached hydrogen (secondary N) is 2. The average molecular weight is 244 g/mol. The Kier molecular flexibility index (Phi) is 5.36. The summed E-state index contributed by atoms with van der Waals surface area (Å²) < 4.78 is 0. The summed E-state index contributed by atoms with van der Waals surface area (Å²) in [6.07, 6.45) is 2.62. The Morgan fingerprint density at radius 3 is 2.59 bits per heavy atom. The highest BCUT2D eigenvalue weighted by Gasteiger charge is 2.34. The van der Waals surface area contributed by atoms with Gasteiger partial charge in [-0.2, -0.15) is 0 Å². The fraction of sp³-hybridized carbons (Fsp3) is 0.917. The number of hydrogen-bond acceptors (Lipinski definition) is 4. The number of carbonyl (C=O) groups excluding carboxylic acids is 1. The normalized spacial score (nSPS) is 25.6. The van der Waals surface area contributed by atoms with Crippen molar-refractivity contribution in [3.8, 4) is 0 Å². The maximum Gasteiger partial charge on any atom is 0.238 e. The highest BCUT2D eigenvalue weighted by Crippen LogP contribution is 2.17. The van der Waals surface area contributed by atoms with Crippen LogP contribution < -0.4 is 10.6 Å². The van der Waals surface area contributed by atoms with E-state index < -0.39 is 5.54 Å². The zero-order valence-corrected chi connectivity index (χ0v) is 10.7. The van der Waals surface area contributed by atoms with Crippen LogP contribution in [0.25, 0.3) is 0 Å². The molecule has 1 saturated heterocycles. The molecule has 1 amide bonds. The summed E-state index contributed by atoms with van der Waals surface area (Å²) in [6.45, 7) is 4.24. The molecule has 0 aliphatic carbocycles. The van der Waals surface area contributed by atoms with E-state index in [-0.39, 0.29) is 31.1 Å². The van der Waals surface area contributed by atoms with Gasteiger partial charge in [-0.15, -0.1) is 0 Å². The lowest BCUT2D eigenvalue weighted by atomic mass is 9.90. The maximum atomic E-state index is 12.1. The van der Waals surface area contributed by atoms with Crippen molar-refractivity contribution in [2.24, 2.45) is 5.92 Å². The van der Waals surface area contributed by atoms with Gasteiger partial charge < -0.3 is 20.8 Å². The van der Waals surface area contributed by atoms with Crippen molar-refractivity contribution in [2.75, 3.05) is 19.8 Å². The first-order chi connectivity index (χ1) is 8.08. The van der Waals surface area contributed by atoms with E-state index in [0.29, 0.717) is 6.42 Å². The molecule has 100 valence electrons. The maximum absolute atomic E-state index is 12.1. The van der Waals surface area contributed by atoms with Crippen LogP contribution in [0.3, 0.4) is 0 Å². The predicted octanol–water partition coefficient (Wildman–Crippen LogP) is -0.376. The Balaban J connectivity index is 2.63. The van der Waals surface area contributed by atoms with Crippen molar-refractivity contribution in [1.29, 1.82) is 0 Å². The number of amides is 1. The molecule has 1 aliphatic heterocycles. The van der Waals surface area contributed by atoms with Gasteiger partial charge in [-0.1, -0.05) is 13.8 Å². The fourth-order valence-corrected chi connectivity index (χ4v) is 2.18. The minimum atomic E-state index is -0.893. The fourth-order valence-electron chi connectivity index (χ4n) is 2.18. The Morgan fingerprint density at radius 2 is 2.12 bits per heavy atom. The Labute approximate surface area is 103 Å². The zero-order chi connectivity index (χ0) is 12.9. The van der Waals surface area contributed by atoms with Crippen LogP contribution in [0.4, 0.5) is 0 Å². The van der Waals surface area contributed by atoms with Crippen molar-refractivity contribution in [1.82, 2.24) is 10.6 Å². The zero-order valence-electron chi connectivity index (χ0n) is 10.7. The molecule has 1 heterocycles. The molecule has 0 aromatic rings. The minimum absolute atomic E-state index is 0.123. The van der Waals surface area contributed by atoms with Gasteiger partial charge in [-0.05, 0) is 31.7 Å². The van der Waals surface area contributed by atoms with E-state index in [1.165, 1.54) is 0 Å². The van der Waals surface area contributed by atoms with Gasteiger partial charge in [-0.3, -0.25) is 4.79 Å². The van der Waals surface area contributed by atoms with Gasteiger partial charge in [0.2, 0.25) is 5.91 Å². The molecule has 17 heavy (non-hydrogen) atoms. The number of piperidine rings is 1. The van der Waals surface area contributed by atoms with E-state index in [4.69, 9.17) is 0 Å². The van der Waals surface area contributed by atoms with Gasteiger partial charge in [0, 0.05) is 0 Å². The van der Waals surface area contributed by atoms with E-state index in [1.807, 2.05) is 13.8 Å². The first-order valence-corrected chi connectivity index (χ1v) is 6.35. The first-order valence-electron chi connectivity index (χ1n) is 6.35. The molecule has 1 rings (SSSR count). The number of hydrogen-bond donors (Lipinski definition) is 4. The van der Waals surface area contributed by atoms with Crippen molar-refractivity contribution in [3.05, 3.63) is 0 Å². The molecule has 0 spiro atoms. The van der Waals surface area contributed by atoms with Crippen LogP contribution in [0.2, 0.25) is 0 Å². The number of aliphatic hydroxyl groups excluding tert-OH is 2.